The number of methoxy groups -OCH3 is 2. The molecule has 2 aliphatic rings. The van der Waals surface area contributed by atoms with E-state index in [0.717, 1.165) is 21.7 Å². The first-order valence-electron chi connectivity index (χ1n) is 14.7. The zero-order valence-corrected chi connectivity index (χ0v) is 26.3. The standard InChI is InChI=1S/C31H41N5O6S/c1-17(2)27(25-12-26(34-42-25)35-13-22(14-35)31(40-5)41-6)30(39)36-15-23(37)11-24(36)29(38)33-18(3)20-7-9-21(10-8-20)28-19(4)32-16-43-28/h7-10,12,16-18,22-24,27,31,37H,11,13-15H2,1-6H3,(H,33,38)/t18-,23+,24-,27?/m0/s1. The number of likely N-dealkylation sites (tertiary alicyclic amines) is 1. The van der Waals surface area contributed by atoms with Gasteiger partial charge in [0.05, 0.1) is 28.2 Å². The third-order valence-electron chi connectivity index (χ3n) is 8.48. The predicted octanol–water partition coefficient (Wildman–Crippen LogP) is 3.74. The fourth-order valence-electron chi connectivity index (χ4n) is 6.04. The van der Waals surface area contributed by atoms with Crippen molar-refractivity contribution in [2.75, 3.05) is 38.8 Å². The van der Waals surface area contributed by atoms with Gasteiger partial charge in [-0.25, -0.2) is 4.98 Å². The maximum absolute atomic E-state index is 14.0. The Hall–Kier alpha value is -3.32. The number of nitrogens with one attached hydrogen (secondary N) is 1. The monoisotopic (exact) mass is 611 g/mol. The van der Waals surface area contributed by atoms with Crippen molar-refractivity contribution in [3.05, 3.63) is 52.9 Å². The first kappa shape index (κ1) is 31.1. The van der Waals surface area contributed by atoms with Gasteiger partial charge < -0.3 is 34.2 Å². The Balaban J connectivity index is 1.25. The van der Waals surface area contributed by atoms with Crippen molar-refractivity contribution >= 4 is 29.0 Å². The number of benzene rings is 1. The van der Waals surface area contributed by atoms with Crippen LogP contribution in [-0.4, -0.2) is 84.3 Å². The second-order valence-electron chi connectivity index (χ2n) is 11.8. The van der Waals surface area contributed by atoms with Crippen LogP contribution in [0.15, 0.2) is 40.4 Å². The molecule has 11 nitrogen and oxygen atoms in total. The number of nitrogens with zero attached hydrogens (tertiary/aromatic N) is 4. The van der Waals surface area contributed by atoms with E-state index in [-0.39, 0.29) is 48.9 Å². The zero-order valence-electron chi connectivity index (χ0n) is 25.5. The van der Waals surface area contributed by atoms with Crippen LogP contribution >= 0.6 is 11.3 Å². The molecule has 0 radical (unpaired) electrons. The summed E-state index contributed by atoms with van der Waals surface area (Å²) in [5.74, 6) is -0.0133. The quantitative estimate of drug-likeness (QED) is 0.312. The topological polar surface area (TPSA) is 130 Å². The van der Waals surface area contributed by atoms with Crippen LogP contribution in [0.1, 0.15) is 56.2 Å². The minimum atomic E-state index is -0.789. The van der Waals surface area contributed by atoms with Gasteiger partial charge in [0.15, 0.2) is 17.9 Å². The molecule has 1 aromatic carbocycles. The van der Waals surface area contributed by atoms with E-state index in [0.29, 0.717) is 24.7 Å². The molecule has 232 valence electrons. The Morgan fingerprint density at radius 1 is 1.12 bits per heavy atom. The smallest absolute Gasteiger partial charge is 0.243 e. The lowest BCUT2D eigenvalue weighted by Gasteiger charge is -2.41. The number of carbonyl (C=O) groups excluding carboxylic acids is 2. The lowest BCUT2D eigenvalue weighted by Crippen LogP contribution is -2.53. The Morgan fingerprint density at radius 3 is 2.42 bits per heavy atom. The predicted molar refractivity (Wildman–Crippen MR) is 163 cm³/mol. The summed E-state index contributed by atoms with van der Waals surface area (Å²) in [4.78, 5) is 36.5. The van der Waals surface area contributed by atoms with Gasteiger partial charge in [-0.2, -0.15) is 0 Å². The average Bonchev–Trinajstić information content (AvgIpc) is 3.70. The lowest BCUT2D eigenvalue weighted by molar-refractivity contribution is -0.142. The van der Waals surface area contributed by atoms with Crippen LogP contribution in [0, 0.1) is 18.8 Å². The molecular formula is C31H41N5O6S. The van der Waals surface area contributed by atoms with E-state index in [4.69, 9.17) is 14.0 Å². The molecule has 2 aromatic heterocycles. The second-order valence-corrected chi connectivity index (χ2v) is 12.7. The molecule has 5 rings (SSSR count). The number of rotatable bonds is 11. The number of aromatic nitrogens is 2. The summed E-state index contributed by atoms with van der Waals surface area (Å²) in [6, 6.07) is 8.77. The van der Waals surface area contributed by atoms with Crippen LogP contribution in [0.5, 0.6) is 0 Å². The molecule has 2 aliphatic heterocycles. The van der Waals surface area contributed by atoms with Crippen molar-refractivity contribution in [2.24, 2.45) is 11.8 Å². The highest BCUT2D eigenvalue weighted by atomic mass is 32.1. The van der Waals surface area contributed by atoms with Gasteiger partial charge in [-0.05, 0) is 30.9 Å². The summed E-state index contributed by atoms with van der Waals surface area (Å²) < 4.78 is 16.4. The number of aryl methyl sites for hydroxylation is 1. The summed E-state index contributed by atoms with van der Waals surface area (Å²) in [5.41, 5.74) is 4.84. The summed E-state index contributed by atoms with van der Waals surface area (Å²) in [7, 11) is 3.24. The van der Waals surface area contributed by atoms with Crippen LogP contribution in [0.4, 0.5) is 5.82 Å². The van der Waals surface area contributed by atoms with Gasteiger partial charge in [0.25, 0.3) is 0 Å². The van der Waals surface area contributed by atoms with E-state index < -0.39 is 18.1 Å². The van der Waals surface area contributed by atoms with Gasteiger partial charge in [-0.1, -0.05) is 43.3 Å². The Morgan fingerprint density at radius 2 is 1.81 bits per heavy atom. The van der Waals surface area contributed by atoms with E-state index >= 15 is 0 Å². The third-order valence-corrected chi connectivity index (χ3v) is 9.46. The average molecular weight is 612 g/mol. The van der Waals surface area contributed by atoms with Gasteiger partial charge in [0, 0.05) is 52.3 Å². The van der Waals surface area contributed by atoms with Gasteiger partial charge in [0.1, 0.15) is 12.0 Å². The first-order chi connectivity index (χ1) is 20.6. The number of hydrogen-bond donors (Lipinski definition) is 2. The lowest BCUT2D eigenvalue weighted by atomic mass is 9.91. The number of aliphatic hydroxyl groups excluding tert-OH is 1. The molecule has 4 atom stereocenters. The van der Waals surface area contributed by atoms with Crippen molar-refractivity contribution in [1.29, 1.82) is 0 Å². The van der Waals surface area contributed by atoms with Gasteiger partial charge in [0.2, 0.25) is 11.8 Å². The zero-order chi connectivity index (χ0) is 30.8. The highest BCUT2D eigenvalue weighted by molar-refractivity contribution is 7.13. The van der Waals surface area contributed by atoms with E-state index in [1.165, 1.54) is 4.90 Å². The van der Waals surface area contributed by atoms with Gasteiger partial charge in [-0.3, -0.25) is 9.59 Å². The number of aliphatic hydroxyl groups is 1. The van der Waals surface area contributed by atoms with E-state index in [2.05, 4.69) is 15.5 Å². The van der Waals surface area contributed by atoms with Gasteiger partial charge in [-0.15, -0.1) is 11.3 Å². The first-order valence-corrected chi connectivity index (χ1v) is 15.6. The molecule has 0 saturated carbocycles. The molecule has 0 spiro atoms. The summed E-state index contributed by atoms with van der Waals surface area (Å²) >= 11 is 1.60. The van der Waals surface area contributed by atoms with Crippen molar-refractivity contribution < 1.29 is 28.7 Å². The van der Waals surface area contributed by atoms with E-state index in [1.807, 2.05) is 62.4 Å². The number of anilines is 1. The van der Waals surface area contributed by atoms with Crippen LogP contribution in [-0.2, 0) is 19.1 Å². The Bertz CT molecular complexity index is 1400. The van der Waals surface area contributed by atoms with Crippen molar-refractivity contribution in [3.8, 4) is 10.4 Å². The van der Waals surface area contributed by atoms with Crippen LogP contribution < -0.4 is 10.2 Å². The summed E-state index contributed by atoms with van der Waals surface area (Å²) in [6.45, 7) is 9.26. The maximum Gasteiger partial charge on any atom is 0.243 e. The number of amides is 2. The Labute approximate surface area is 256 Å². The molecule has 2 saturated heterocycles. The minimum absolute atomic E-state index is 0.0850. The fraction of sp³-hybridized carbons (Fsp3) is 0.548. The minimum Gasteiger partial charge on any atom is -0.391 e. The van der Waals surface area contributed by atoms with Crippen LogP contribution in [0.3, 0.4) is 0 Å². The molecule has 2 N–H and O–H groups in total. The molecule has 43 heavy (non-hydrogen) atoms. The van der Waals surface area contributed by atoms with Crippen LogP contribution in [0.2, 0.25) is 0 Å². The highest BCUT2D eigenvalue weighted by Crippen LogP contribution is 2.35. The molecule has 12 heteroatoms. The number of β-amino-alcohol motifs (C(OH)–C–C–N with tert-alkyl or cyclic N) is 1. The van der Waals surface area contributed by atoms with E-state index in [1.54, 1.807) is 31.6 Å². The normalized spacial score (nSPS) is 20.5. The van der Waals surface area contributed by atoms with Crippen molar-refractivity contribution in [3.63, 3.8) is 0 Å². The molecule has 0 aliphatic carbocycles. The largest absolute Gasteiger partial charge is 0.391 e. The number of thiazole rings is 1. The molecule has 0 bridgehead atoms. The summed E-state index contributed by atoms with van der Waals surface area (Å²) in [6.07, 6.45) is -0.898. The molecule has 4 heterocycles. The molecule has 2 fully saturated rings. The highest BCUT2D eigenvalue weighted by Gasteiger charge is 2.44. The second kappa shape index (κ2) is 13.1. The molecule has 3 aromatic rings. The Kier molecular flexibility index (Phi) is 9.50. The molecule has 2 amide bonds. The fourth-order valence-corrected chi connectivity index (χ4v) is 6.85. The number of carbonyl (C=O) groups is 2. The number of ether oxygens (including phenoxy) is 2. The van der Waals surface area contributed by atoms with E-state index in [9.17, 15) is 14.7 Å². The SMILES string of the molecule is COC(OC)C1CN(c2cc(C(C(=O)N3C[C@H](O)C[C@H]3C(=O)N[C@@H](C)c3ccc(-c4scnc4C)cc3)C(C)C)on2)C1. The maximum atomic E-state index is 14.0. The van der Waals surface area contributed by atoms with Crippen molar-refractivity contribution in [1.82, 2.24) is 20.4 Å². The third kappa shape index (κ3) is 6.47. The molecule has 1 unspecified atom stereocenters. The van der Waals surface area contributed by atoms with Crippen molar-refractivity contribution in [2.45, 2.75) is 64.5 Å². The number of hydrogen-bond acceptors (Lipinski definition) is 10. The summed E-state index contributed by atoms with van der Waals surface area (Å²) in [5, 5.41) is 17.8. The molecular weight excluding hydrogens is 570 g/mol. The van der Waals surface area contributed by atoms with Gasteiger partial charge >= 0.3 is 0 Å². The van der Waals surface area contributed by atoms with Crippen LogP contribution in [0.25, 0.3) is 10.4 Å².